The number of hydrogen-bond donors (Lipinski definition) is 1. The van der Waals surface area contributed by atoms with Gasteiger partial charge in [-0.15, -0.1) is 0 Å². The van der Waals surface area contributed by atoms with Crippen LogP contribution in [0.4, 0.5) is 0 Å². The van der Waals surface area contributed by atoms with E-state index in [9.17, 15) is 9.59 Å². The van der Waals surface area contributed by atoms with E-state index in [2.05, 4.69) is 19.2 Å². The molecule has 4 nitrogen and oxygen atoms in total. The van der Waals surface area contributed by atoms with Crippen molar-refractivity contribution in [1.82, 2.24) is 10.2 Å². The van der Waals surface area contributed by atoms with Crippen LogP contribution >= 0.6 is 0 Å². The molecule has 0 spiro atoms. The quantitative estimate of drug-likeness (QED) is 0.810. The Morgan fingerprint density at radius 1 is 1.35 bits per heavy atom. The van der Waals surface area contributed by atoms with Crippen LogP contribution in [0.15, 0.2) is 0 Å². The van der Waals surface area contributed by atoms with Gasteiger partial charge in [-0.1, -0.05) is 13.8 Å². The molecule has 1 aliphatic heterocycles. The smallest absolute Gasteiger partial charge is 0.243 e. The van der Waals surface area contributed by atoms with Crippen molar-refractivity contribution >= 4 is 11.8 Å². The monoisotopic (exact) mass is 240 g/mol. The van der Waals surface area contributed by atoms with Crippen LogP contribution in [0.3, 0.4) is 0 Å². The molecule has 0 aliphatic carbocycles. The molecule has 17 heavy (non-hydrogen) atoms. The van der Waals surface area contributed by atoms with Crippen molar-refractivity contribution in [3.05, 3.63) is 0 Å². The maximum Gasteiger partial charge on any atom is 0.243 e. The van der Waals surface area contributed by atoms with Crippen molar-refractivity contribution in [2.24, 2.45) is 5.92 Å². The molecule has 98 valence electrons. The van der Waals surface area contributed by atoms with Crippen molar-refractivity contribution in [3.63, 3.8) is 0 Å². The van der Waals surface area contributed by atoms with Gasteiger partial charge < -0.3 is 10.2 Å². The average Bonchev–Trinajstić information content (AvgIpc) is 2.63. The van der Waals surface area contributed by atoms with E-state index in [4.69, 9.17) is 0 Å². The second-order valence-corrected chi connectivity index (χ2v) is 5.41. The first-order valence-electron chi connectivity index (χ1n) is 6.49. The summed E-state index contributed by atoms with van der Waals surface area (Å²) in [4.78, 5) is 25.1. The molecule has 0 aromatic carbocycles. The van der Waals surface area contributed by atoms with Gasteiger partial charge in [-0.05, 0) is 32.1 Å². The van der Waals surface area contributed by atoms with Gasteiger partial charge in [0, 0.05) is 19.5 Å². The molecule has 0 aromatic heterocycles. The summed E-state index contributed by atoms with van der Waals surface area (Å²) in [5.41, 5.74) is 0. The molecule has 0 bridgehead atoms. The van der Waals surface area contributed by atoms with E-state index >= 15 is 0 Å². The van der Waals surface area contributed by atoms with Crippen molar-refractivity contribution in [3.8, 4) is 0 Å². The molecular formula is C13H24N2O2. The number of nitrogens with one attached hydrogen (secondary N) is 1. The predicted molar refractivity (Wildman–Crippen MR) is 67.5 cm³/mol. The highest BCUT2D eigenvalue weighted by atomic mass is 16.2. The van der Waals surface area contributed by atoms with Crippen molar-refractivity contribution in [2.75, 3.05) is 6.54 Å². The van der Waals surface area contributed by atoms with Crippen molar-refractivity contribution in [2.45, 2.75) is 59.0 Å². The van der Waals surface area contributed by atoms with Crippen molar-refractivity contribution < 1.29 is 9.59 Å². The van der Waals surface area contributed by atoms with E-state index in [1.165, 1.54) is 6.92 Å². The molecule has 2 atom stereocenters. The van der Waals surface area contributed by atoms with E-state index in [-0.39, 0.29) is 23.9 Å². The van der Waals surface area contributed by atoms with Crippen LogP contribution in [-0.2, 0) is 9.59 Å². The third kappa shape index (κ3) is 4.02. The number of rotatable bonds is 4. The van der Waals surface area contributed by atoms with Gasteiger partial charge in [0.2, 0.25) is 11.8 Å². The molecule has 0 aromatic rings. The van der Waals surface area contributed by atoms with E-state index in [0.717, 1.165) is 19.3 Å². The van der Waals surface area contributed by atoms with Gasteiger partial charge in [-0.3, -0.25) is 9.59 Å². The molecule has 1 heterocycles. The minimum Gasteiger partial charge on any atom is -0.352 e. The lowest BCUT2D eigenvalue weighted by Gasteiger charge is -2.25. The van der Waals surface area contributed by atoms with E-state index < -0.39 is 0 Å². The Labute approximate surface area is 104 Å². The molecule has 4 heteroatoms. The molecule has 1 fully saturated rings. The lowest BCUT2D eigenvalue weighted by molar-refractivity contribution is -0.137. The molecule has 1 rings (SSSR count). The Bertz CT molecular complexity index is 289. The van der Waals surface area contributed by atoms with Gasteiger partial charge in [-0.25, -0.2) is 0 Å². The highest BCUT2D eigenvalue weighted by Gasteiger charge is 2.32. The van der Waals surface area contributed by atoms with Crippen molar-refractivity contribution in [1.29, 1.82) is 0 Å². The Balaban J connectivity index is 2.49. The Hall–Kier alpha value is -1.06. The molecule has 0 radical (unpaired) electrons. The van der Waals surface area contributed by atoms with Gasteiger partial charge in [0.15, 0.2) is 0 Å². The number of hydrogen-bond acceptors (Lipinski definition) is 2. The molecular weight excluding hydrogens is 216 g/mol. The minimum absolute atomic E-state index is 0.000775. The second kappa shape index (κ2) is 6.03. The van der Waals surface area contributed by atoms with Gasteiger partial charge in [-0.2, -0.15) is 0 Å². The fourth-order valence-electron chi connectivity index (χ4n) is 2.52. The maximum atomic E-state index is 12.0. The minimum atomic E-state index is -0.248. The van der Waals surface area contributed by atoms with Crippen LogP contribution in [0.5, 0.6) is 0 Å². The summed E-state index contributed by atoms with van der Waals surface area (Å²) in [6, 6.07) is -0.0704. The van der Waals surface area contributed by atoms with Crippen LogP contribution < -0.4 is 5.32 Å². The van der Waals surface area contributed by atoms with Crippen LogP contribution in [-0.4, -0.2) is 35.3 Å². The second-order valence-electron chi connectivity index (χ2n) is 5.41. The lowest BCUT2D eigenvalue weighted by atomic mass is 10.0. The number of carbonyl (C=O) groups excluding carboxylic acids is 2. The van der Waals surface area contributed by atoms with E-state index in [1.807, 2.05) is 6.92 Å². The third-order valence-corrected chi connectivity index (χ3v) is 3.17. The Morgan fingerprint density at radius 3 is 2.53 bits per heavy atom. The standard InChI is InChI=1S/C13H24N2O2/c1-9(2)8-10(3)14-13(17)12-6-5-7-15(12)11(4)16/h9-10,12H,5-8H2,1-4H3,(H,14,17). The lowest BCUT2D eigenvalue weighted by Crippen LogP contribution is -2.47. The van der Waals surface area contributed by atoms with Gasteiger partial charge in [0.25, 0.3) is 0 Å². The fraction of sp³-hybridized carbons (Fsp3) is 0.846. The number of likely N-dealkylation sites (tertiary alicyclic amines) is 1. The summed E-state index contributed by atoms with van der Waals surface area (Å²) in [6.07, 6.45) is 2.69. The number of amides is 2. The Morgan fingerprint density at radius 2 is 2.00 bits per heavy atom. The first kappa shape index (κ1) is 14.0. The number of carbonyl (C=O) groups is 2. The summed E-state index contributed by atoms with van der Waals surface area (Å²) < 4.78 is 0. The summed E-state index contributed by atoms with van der Waals surface area (Å²) in [7, 11) is 0. The maximum absolute atomic E-state index is 12.0. The molecule has 2 amide bonds. The van der Waals surface area contributed by atoms with Gasteiger partial charge in [0.1, 0.15) is 6.04 Å². The van der Waals surface area contributed by atoms with Crippen LogP contribution in [0.1, 0.15) is 47.0 Å². The molecule has 1 saturated heterocycles. The fourth-order valence-corrected chi connectivity index (χ4v) is 2.52. The van der Waals surface area contributed by atoms with E-state index in [0.29, 0.717) is 12.5 Å². The first-order chi connectivity index (χ1) is 7.91. The number of nitrogens with zero attached hydrogens (tertiary/aromatic N) is 1. The SMILES string of the molecule is CC(=O)N1CCCC1C(=O)NC(C)CC(C)C. The van der Waals surface area contributed by atoms with Gasteiger partial charge in [0.05, 0.1) is 0 Å². The molecule has 1 N–H and O–H groups in total. The normalized spacial score (nSPS) is 21.7. The summed E-state index contributed by atoms with van der Waals surface area (Å²) in [5, 5.41) is 3.01. The topological polar surface area (TPSA) is 49.4 Å². The molecule has 0 saturated carbocycles. The largest absolute Gasteiger partial charge is 0.352 e. The highest BCUT2D eigenvalue weighted by Crippen LogP contribution is 2.17. The highest BCUT2D eigenvalue weighted by molar-refractivity contribution is 5.87. The van der Waals surface area contributed by atoms with Gasteiger partial charge >= 0.3 is 0 Å². The van der Waals surface area contributed by atoms with Crippen LogP contribution in [0.2, 0.25) is 0 Å². The third-order valence-electron chi connectivity index (χ3n) is 3.17. The Kier molecular flexibility index (Phi) is 4.97. The summed E-state index contributed by atoms with van der Waals surface area (Å²) >= 11 is 0. The zero-order chi connectivity index (χ0) is 13.0. The summed E-state index contributed by atoms with van der Waals surface area (Å²) in [6.45, 7) is 8.54. The first-order valence-corrected chi connectivity index (χ1v) is 6.49. The predicted octanol–water partition coefficient (Wildman–Crippen LogP) is 1.55. The van der Waals surface area contributed by atoms with Crippen LogP contribution in [0.25, 0.3) is 0 Å². The van der Waals surface area contributed by atoms with E-state index in [1.54, 1.807) is 4.90 Å². The summed E-state index contributed by atoms with van der Waals surface area (Å²) in [5.74, 6) is 0.572. The average molecular weight is 240 g/mol. The molecule has 2 unspecified atom stereocenters. The zero-order valence-corrected chi connectivity index (χ0v) is 11.3. The molecule has 1 aliphatic rings. The van der Waals surface area contributed by atoms with Crippen LogP contribution in [0, 0.1) is 5.92 Å². The zero-order valence-electron chi connectivity index (χ0n) is 11.3.